The van der Waals surface area contributed by atoms with Gasteiger partial charge in [0.05, 0.1) is 27.4 Å². The van der Waals surface area contributed by atoms with Crippen LogP contribution in [0.2, 0.25) is 0 Å². The number of anilines is 1. The van der Waals surface area contributed by atoms with Gasteiger partial charge in [-0.15, -0.1) is 11.3 Å². The Morgan fingerprint density at radius 2 is 1.94 bits per heavy atom. The lowest BCUT2D eigenvalue weighted by Gasteiger charge is -2.33. The minimum Gasteiger partial charge on any atom is -0.446 e. The van der Waals surface area contributed by atoms with Crippen LogP contribution in [0.1, 0.15) is 35.7 Å². The normalized spacial score (nSPS) is 16.3. The van der Waals surface area contributed by atoms with Gasteiger partial charge in [0.1, 0.15) is 11.9 Å². The average molecular weight is 480 g/mol. The van der Waals surface area contributed by atoms with Gasteiger partial charge in [-0.2, -0.15) is 13.2 Å². The quantitative estimate of drug-likeness (QED) is 0.632. The van der Waals surface area contributed by atoms with Crippen molar-refractivity contribution in [3.8, 4) is 0 Å². The van der Waals surface area contributed by atoms with E-state index in [1.165, 1.54) is 12.4 Å². The van der Waals surface area contributed by atoms with Crippen molar-refractivity contribution in [2.45, 2.75) is 44.5 Å². The SMILES string of the molecule is CNC(=O)c1csc2c(C(F)(F)F)cc(N3CCC(OC(=O)NC(C)C(F)F)CC3)nc12. The maximum Gasteiger partial charge on any atom is 0.417 e. The molecule has 2 aromatic rings. The number of rotatable bonds is 5. The summed E-state index contributed by atoms with van der Waals surface area (Å²) < 4.78 is 71.1. The second-order valence-electron chi connectivity index (χ2n) is 7.29. The predicted octanol–water partition coefficient (Wildman–Crippen LogP) is 4.02. The maximum absolute atomic E-state index is 13.7. The molecule has 2 aromatic heterocycles. The highest BCUT2D eigenvalue weighted by atomic mass is 32.1. The number of amides is 2. The van der Waals surface area contributed by atoms with Gasteiger partial charge in [-0.3, -0.25) is 4.79 Å². The van der Waals surface area contributed by atoms with Crippen molar-refractivity contribution in [1.29, 1.82) is 0 Å². The number of fused-ring (bicyclic) bond motifs is 1. The van der Waals surface area contributed by atoms with Crippen molar-refractivity contribution in [3.63, 3.8) is 0 Å². The number of pyridine rings is 1. The molecule has 0 radical (unpaired) electrons. The van der Waals surface area contributed by atoms with Gasteiger partial charge in [-0.25, -0.2) is 18.6 Å². The van der Waals surface area contributed by atoms with Crippen molar-refractivity contribution in [2.24, 2.45) is 0 Å². The van der Waals surface area contributed by atoms with Gasteiger partial charge in [-0.1, -0.05) is 0 Å². The second-order valence-corrected chi connectivity index (χ2v) is 8.17. The molecule has 176 valence electrons. The van der Waals surface area contributed by atoms with E-state index < -0.39 is 42.3 Å². The number of ether oxygens (including phenoxy) is 1. The lowest BCUT2D eigenvalue weighted by Crippen LogP contribution is -2.43. The molecule has 1 aliphatic heterocycles. The number of aromatic nitrogens is 1. The van der Waals surface area contributed by atoms with E-state index in [-0.39, 0.29) is 47.5 Å². The highest BCUT2D eigenvalue weighted by molar-refractivity contribution is 7.17. The number of alkyl halides is 5. The topological polar surface area (TPSA) is 83.6 Å². The minimum atomic E-state index is -4.64. The average Bonchev–Trinajstić information content (AvgIpc) is 3.16. The summed E-state index contributed by atoms with van der Waals surface area (Å²) in [6, 6.07) is -0.413. The number of alkyl carbamates (subject to hydrolysis) is 1. The van der Waals surface area contributed by atoms with Crippen LogP contribution in [0.25, 0.3) is 10.2 Å². The van der Waals surface area contributed by atoms with Crippen molar-refractivity contribution in [2.75, 3.05) is 25.0 Å². The van der Waals surface area contributed by atoms with Crippen molar-refractivity contribution < 1.29 is 36.3 Å². The molecule has 3 heterocycles. The summed E-state index contributed by atoms with van der Waals surface area (Å²) in [7, 11) is 1.38. The fourth-order valence-corrected chi connectivity index (χ4v) is 4.32. The Labute approximate surface area is 183 Å². The molecule has 2 amide bonds. The largest absolute Gasteiger partial charge is 0.446 e. The fourth-order valence-electron chi connectivity index (χ4n) is 3.30. The van der Waals surface area contributed by atoms with Crippen LogP contribution in [0.3, 0.4) is 0 Å². The molecule has 3 rings (SSSR count). The third-order valence-electron chi connectivity index (χ3n) is 5.05. The molecule has 0 aromatic carbocycles. The first-order valence-electron chi connectivity index (χ1n) is 9.73. The van der Waals surface area contributed by atoms with Crippen molar-refractivity contribution >= 4 is 39.4 Å². The molecule has 32 heavy (non-hydrogen) atoms. The molecule has 1 unspecified atom stereocenters. The van der Waals surface area contributed by atoms with E-state index in [0.29, 0.717) is 0 Å². The highest BCUT2D eigenvalue weighted by Gasteiger charge is 2.36. The van der Waals surface area contributed by atoms with Crippen LogP contribution in [0.4, 0.5) is 32.6 Å². The molecule has 0 saturated carbocycles. The van der Waals surface area contributed by atoms with Gasteiger partial charge in [0.25, 0.3) is 12.3 Å². The van der Waals surface area contributed by atoms with Gasteiger partial charge in [-0.05, 0) is 13.0 Å². The number of hydrogen-bond acceptors (Lipinski definition) is 6. The van der Waals surface area contributed by atoms with E-state index in [1.807, 2.05) is 5.32 Å². The molecular weight excluding hydrogens is 459 g/mol. The number of piperidine rings is 1. The first-order chi connectivity index (χ1) is 15.0. The van der Waals surface area contributed by atoms with Gasteiger partial charge in [0.15, 0.2) is 0 Å². The molecule has 0 spiro atoms. The molecule has 0 bridgehead atoms. The third-order valence-corrected chi connectivity index (χ3v) is 6.05. The molecule has 1 fully saturated rings. The van der Waals surface area contributed by atoms with E-state index in [4.69, 9.17) is 4.74 Å². The number of carbonyl (C=O) groups is 2. The van der Waals surface area contributed by atoms with Crippen LogP contribution in [0.15, 0.2) is 11.4 Å². The number of thiophene rings is 1. The van der Waals surface area contributed by atoms with Crippen LogP contribution >= 0.6 is 11.3 Å². The standard InChI is InChI=1S/C19H21F5N4O3S/c1-9(16(20)21)26-18(30)31-10-3-5-28(6-4-10)13-7-12(19(22,23)24)15-14(27-13)11(8-32-15)17(29)25-2/h7-10,16H,3-6H2,1-2H3,(H,25,29)(H,26,30). The molecule has 1 saturated heterocycles. The monoisotopic (exact) mass is 480 g/mol. The molecular formula is C19H21F5N4O3S. The van der Waals surface area contributed by atoms with E-state index in [9.17, 15) is 31.5 Å². The van der Waals surface area contributed by atoms with Crippen LogP contribution in [0.5, 0.6) is 0 Å². The molecule has 1 atom stereocenters. The zero-order valence-corrected chi connectivity index (χ0v) is 17.9. The summed E-state index contributed by atoms with van der Waals surface area (Å²) in [4.78, 5) is 29.7. The Morgan fingerprint density at radius 1 is 1.28 bits per heavy atom. The lowest BCUT2D eigenvalue weighted by atomic mass is 10.1. The Kier molecular flexibility index (Phi) is 7.06. The second kappa shape index (κ2) is 9.43. The lowest BCUT2D eigenvalue weighted by molar-refractivity contribution is -0.136. The van der Waals surface area contributed by atoms with E-state index in [0.717, 1.165) is 24.3 Å². The van der Waals surface area contributed by atoms with Gasteiger partial charge >= 0.3 is 12.3 Å². The Morgan fingerprint density at radius 3 is 2.50 bits per heavy atom. The summed E-state index contributed by atoms with van der Waals surface area (Å²) >= 11 is 0.801. The fraction of sp³-hybridized carbons (Fsp3) is 0.526. The van der Waals surface area contributed by atoms with Crippen molar-refractivity contribution in [1.82, 2.24) is 15.6 Å². The predicted molar refractivity (Wildman–Crippen MR) is 108 cm³/mol. The maximum atomic E-state index is 13.7. The summed E-state index contributed by atoms with van der Waals surface area (Å²) in [5.41, 5.74) is -0.850. The van der Waals surface area contributed by atoms with E-state index in [1.54, 1.807) is 4.90 Å². The molecule has 2 N–H and O–H groups in total. The van der Waals surface area contributed by atoms with E-state index in [2.05, 4.69) is 10.3 Å². The first-order valence-corrected chi connectivity index (χ1v) is 10.6. The smallest absolute Gasteiger partial charge is 0.417 e. The first kappa shape index (κ1) is 24.0. The number of hydrogen-bond donors (Lipinski definition) is 2. The molecule has 0 aliphatic carbocycles. The van der Waals surface area contributed by atoms with Gasteiger partial charge < -0.3 is 20.3 Å². The highest BCUT2D eigenvalue weighted by Crippen LogP contribution is 2.40. The van der Waals surface area contributed by atoms with Gasteiger partial charge in [0, 0.05) is 38.4 Å². The van der Waals surface area contributed by atoms with Crippen LogP contribution in [0, 0.1) is 0 Å². The number of nitrogens with zero attached hydrogens (tertiary/aromatic N) is 2. The molecule has 13 heteroatoms. The van der Waals surface area contributed by atoms with Crippen LogP contribution < -0.4 is 15.5 Å². The summed E-state index contributed by atoms with van der Waals surface area (Å²) in [6.45, 7) is 1.61. The number of halogens is 5. The van der Waals surface area contributed by atoms with Crippen LogP contribution in [-0.4, -0.2) is 55.7 Å². The Hall–Kier alpha value is -2.70. The van der Waals surface area contributed by atoms with Crippen molar-refractivity contribution in [3.05, 3.63) is 22.6 Å². The summed E-state index contributed by atoms with van der Waals surface area (Å²) in [6.07, 6.45) is -8.34. The zero-order chi connectivity index (χ0) is 23.6. The van der Waals surface area contributed by atoms with Crippen LogP contribution in [-0.2, 0) is 10.9 Å². The summed E-state index contributed by atoms with van der Waals surface area (Å²) in [5.74, 6) is -0.479. The third kappa shape index (κ3) is 5.19. The number of nitrogens with one attached hydrogen (secondary N) is 2. The van der Waals surface area contributed by atoms with E-state index >= 15 is 0 Å². The van der Waals surface area contributed by atoms with Gasteiger partial charge in [0.2, 0.25) is 0 Å². The number of carbonyl (C=O) groups excluding carboxylic acids is 2. The Bertz CT molecular complexity index is 989. The molecule has 7 nitrogen and oxygen atoms in total. The molecule has 1 aliphatic rings. The zero-order valence-electron chi connectivity index (χ0n) is 17.1. The minimum absolute atomic E-state index is 0.0297. The summed E-state index contributed by atoms with van der Waals surface area (Å²) in [5, 5.41) is 5.77. The Balaban J connectivity index is 1.77.